The van der Waals surface area contributed by atoms with Gasteiger partial charge in [0.15, 0.2) is 0 Å². The Bertz CT molecular complexity index is 545. The van der Waals surface area contributed by atoms with Crippen molar-refractivity contribution < 1.29 is 9.59 Å². The Morgan fingerprint density at radius 2 is 2.29 bits per heavy atom. The molecular formula is C14H19N5O2. The summed E-state index contributed by atoms with van der Waals surface area (Å²) in [5.74, 6) is 5.70. The quantitative estimate of drug-likeness (QED) is 0.530. The Balaban J connectivity index is 1.67. The first-order valence-corrected chi connectivity index (χ1v) is 7.18. The summed E-state index contributed by atoms with van der Waals surface area (Å²) in [6, 6.07) is 3.62. The zero-order chi connectivity index (χ0) is 14.8. The number of nitrogens with zero attached hydrogens (tertiary/aromatic N) is 2. The van der Waals surface area contributed by atoms with Crippen molar-refractivity contribution in [2.75, 3.05) is 18.5 Å². The summed E-state index contributed by atoms with van der Waals surface area (Å²) in [5.41, 5.74) is 3.58. The number of hydrazine groups is 1. The number of carbonyl (C=O) groups is 2. The molecule has 1 aromatic rings. The van der Waals surface area contributed by atoms with Crippen LogP contribution < -0.4 is 16.6 Å². The number of amides is 2. The van der Waals surface area contributed by atoms with Crippen molar-refractivity contribution in [3.63, 3.8) is 0 Å². The third-order valence-electron chi connectivity index (χ3n) is 4.26. The predicted octanol–water partition coefficient (Wildman–Crippen LogP) is 0.108. The van der Waals surface area contributed by atoms with Crippen molar-refractivity contribution in [2.24, 2.45) is 11.8 Å². The number of nitrogen functional groups attached to an aromatic ring is 1. The summed E-state index contributed by atoms with van der Waals surface area (Å²) >= 11 is 0. The molecule has 3 heterocycles. The normalized spacial score (nSPS) is 25.0. The number of aromatic nitrogens is 1. The van der Waals surface area contributed by atoms with Crippen molar-refractivity contribution in [1.82, 2.24) is 15.2 Å². The lowest BCUT2D eigenvalue weighted by Gasteiger charge is -2.41. The number of anilines is 1. The van der Waals surface area contributed by atoms with E-state index in [2.05, 4.69) is 15.7 Å². The molecule has 2 fully saturated rings. The zero-order valence-corrected chi connectivity index (χ0v) is 11.7. The van der Waals surface area contributed by atoms with Crippen LogP contribution in [0.2, 0.25) is 0 Å². The monoisotopic (exact) mass is 289 g/mol. The van der Waals surface area contributed by atoms with E-state index in [1.807, 2.05) is 4.90 Å². The Hall–Kier alpha value is -2.15. The number of nitrogens with two attached hydrogens (primary N) is 1. The van der Waals surface area contributed by atoms with E-state index in [4.69, 9.17) is 5.84 Å². The van der Waals surface area contributed by atoms with E-state index in [-0.39, 0.29) is 17.9 Å². The van der Waals surface area contributed by atoms with Crippen LogP contribution in [-0.2, 0) is 4.79 Å². The molecule has 21 heavy (non-hydrogen) atoms. The highest BCUT2D eigenvalue weighted by Crippen LogP contribution is 2.26. The Morgan fingerprint density at radius 1 is 1.43 bits per heavy atom. The van der Waals surface area contributed by atoms with E-state index in [0.717, 1.165) is 12.8 Å². The van der Waals surface area contributed by atoms with E-state index in [9.17, 15) is 9.59 Å². The van der Waals surface area contributed by atoms with Crippen LogP contribution in [0.5, 0.6) is 0 Å². The fraction of sp³-hybridized carbons (Fsp3) is 0.500. The third kappa shape index (κ3) is 2.82. The van der Waals surface area contributed by atoms with Gasteiger partial charge in [-0.3, -0.25) is 15.4 Å². The van der Waals surface area contributed by atoms with Crippen LogP contribution >= 0.6 is 0 Å². The topological polar surface area (TPSA) is 100 Å². The second kappa shape index (κ2) is 5.69. The van der Waals surface area contributed by atoms with Gasteiger partial charge in [0, 0.05) is 25.6 Å². The van der Waals surface area contributed by atoms with E-state index >= 15 is 0 Å². The summed E-state index contributed by atoms with van der Waals surface area (Å²) in [6.45, 7) is 1.33. The molecule has 4 N–H and O–H groups in total. The van der Waals surface area contributed by atoms with Crippen LogP contribution in [0.1, 0.15) is 29.8 Å². The molecule has 112 valence electrons. The van der Waals surface area contributed by atoms with Gasteiger partial charge in [-0.2, -0.15) is 0 Å². The molecule has 2 amide bonds. The SMILES string of the molecule is NNc1ccc(C(=O)N2CCC3NC(=O)CCC3C2)nc1. The number of pyridine rings is 1. The summed E-state index contributed by atoms with van der Waals surface area (Å²) in [4.78, 5) is 29.8. The molecule has 3 rings (SSSR count). The minimum Gasteiger partial charge on any atom is -0.353 e. The van der Waals surface area contributed by atoms with E-state index in [0.29, 0.717) is 36.8 Å². The first-order valence-electron chi connectivity index (χ1n) is 7.18. The second-order valence-electron chi connectivity index (χ2n) is 5.59. The van der Waals surface area contributed by atoms with Gasteiger partial charge in [-0.15, -0.1) is 0 Å². The minimum absolute atomic E-state index is 0.0612. The molecule has 0 saturated carbocycles. The van der Waals surface area contributed by atoms with Crippen molar-refractivity contribution in [3.05, 3.63) is 24.0 Å². The number of hydrogen-bond donors (Lipinski definition) is 3. The highest BCUT2D eigenvalue weighted by molar-refractivity contribution is 5.92. The molecule has 7 nitrogen and oxygen atoms in total. The van der Waals surface area contributed by atoms with Crippen LogP contribution in [-0.4, -0.2) is 40.8 Å². The van der Waals surface area contributed by atoms with Crippen LogP contribution in [0.25, 0.3) is 0 Å². The maximum absolute atomic E-state index is 12.5. The number of piperidine rings is 2. The maximum atomic E-state index is 12.5. The van der Waals surface area contributed by atoms with Gasteiger partial charge in [-0.25, -0.2) is 4.98 Å². The minimum atomic E-state index is -0.0612. The summed E-state index contributed by atoms with van der Waals surface area (Å²) in [5, 5.41) is 3.02. The average Bonchev–Trinajstić information content (AvgIpc) is 2.53. The van der Waals surface area contributed by atoms with Gasteiger partial charge < -0.3 is 15.6 Å². The van der Waals surface area contributed by atoms with Crippen molar-refractivity contribution in [3.8, 4) is 0 Å². The lowest BCUT2D eigenvalue weighted by molar-refractivity contribution is -0.125. The van der Waals surface area contributed by atoms with Gasteiger partial charge in [-0.05, 0) is 30.9 Å². The molecule has 0 radical (unpaired) electrons. The number of hydrogen-bond acceptors (Lipinski definition) is 5. The molecule has 2 aliphatic rings. The van der Waals surface area contributed by atoms with Gasteiger partial charge in [-0.1, -0.05) is 0 Å². The molecule has 2 unspecified atom stereocenters. The number of likely N-dealkylation sites (tertiary alicyclic amines) is 1. The molecule has 0 aromatic carbocycles. The largest absolute Gasteiger partial charge is 0.353 e. The van der Waals surface area contributed by atoms with Crippen LogP contribution in [0.15, 0.2) is 18.3 Å². The molecule has 2 atom stereocenters. The summed E-state index contributed by atoms with van der Waals surface area (Å²) < 4.78 is 0. The number of carbonyl (C=O) groups excluding carboxylic acids is 2. The molecule has 2 aliphatic heterocycles. The first kappa shape index (κ1) is 13.8. The molecule has 0 aliphatic carbocycles. The van der Waals surface area contributed by atoms with Crippen LogP contribution in [0.4, 0.5) is 5.69 Å². The average molecular weight is 289 g/mol. The van der Waals surface area contributed by atoms with E-state index < -0.39 is 0 Å². The van der Waals surface area contributed by atoms with Gasteiger partial charge in [0.25, 0.3) is 5.91 Å². The Morgan fingerprint density at radius 3 is 3.00 bits per heavy atom. The van der Waals surface area contributed by atoms with Crippen molar-refractivity contribution in [1.29, 1.82) is 0 Å². The fourth-order valence-corrected chi connectivity index (χ4v) is 3.06. The van der Waals surface area contributed by atoms with Crippen molar-refractivity contribution >= 4 is 17.5 Å². The molecule has 0 bridgehead atoms. The van der Waals surface area contributed by atoms with Gasteiger partial charge in [0.05, 0.1) is 11.9 Å². The fourth-order valence-electron chi connectivity index (χ4n) is 3.06. The van der Waals surface area contributed by atoms with Gasteiger partial charge >= 0.3 is 0 Å². The molecule has 1 aromatic heterocycles. The lowest BCUT2D eigenvalue weighted by atomic mass is 9.85. The number of nitrogens with one attached hydrogen (secondary N) is 2. The Kier molecular flexibility index (Phi) is 3.74. The van der Waals surface area contributed by atoms with Gasteiger partial charge in [0.1, 0.15) is 5.69 Å². The maximum Gasteiger partial charge on any atom is 0.272 e. The third-order valence-corrected chi connectivity index (χ3v) is 4.26. The zero-order valence-electron chi connectivity index (χ0n) is 11.7. The van der Waals surface area contributed by atoms with Crippen LogP contribution in [0, 0.1) is 5.92 Å². The standard InChI is InChI=1S/C14H19N5O2/c15-18-10-2-3-12(16-7-10)14(21)19-6-5-11-9(8-19)1-4-13(20)17-11/h2-3,7,9,11,18H,1,4-6,8,15H2,(H,17,20). The predicted molar refractivity (Wildman–Crippen MR) is 77.2 cm³/mol. The number of fused-ring (bicyclic) bond motifs is 1. The van der Waals surface area contributed by atoms with E-state index in [1.165, 1.54) is 0 Å². The Labute approximate surface area is 122 Å². The molecule has 7 heteroatoms. The molecular weight excluding hydrogens is 270 g/mol. The molecule has 2 saturated heterocycles. The highest BCUT2D eigenvalue weighted by Gasteiger charge is 2.35. The van der Waals surface area contributed by atoms with Crippen molar-refractivity contribution in [2.45, 2.75) is 25.3 Å². The summed E-state index contributed by atoms with van der Waals surface area (Å²) in [6.07, 6.45) is 3.76. The smallest absolute Gasteiger partial charge is 0.272 e. The molecule has 0 spiro atoms. The lowest BCUT2D eigenvalue weighted by Crippen LogP contribution is -2.55. The number of rotatable bonds is 2. The van der Waals surface area contributed by atoms with Gasteiger partial charge in [0.2, 0.25) is 5.91 Å². The highest BCUT2D eigenvalue weighted by atomic mass is 16.2. The van der Waals surface area contributed by atoms with Crippen LogP contribution in [0.3, 0.4) is 0 Å². The van der Waals surface area contributed by atoms with E-state index in [1.54, 1.807) is 18.3 Å². The second-order valence-corrected chi connectivity index (χ2v) is 5.59. The first-order chi connectivity index (χ1) is 10.2. The summed E-state index contributed by atoms with van der Waals surface area (Å²) in [7, 11) is 0.